The number of nitrogens with zero attached hydrogens (tertiary/aromatic N) is 3. The van der Waals surface area contributed by atoms with Crippen LogP contribution in [0.2, 0.25) is 0 Å². The van der Waals surface area contributed by atoms with Crippen LogP contribution in [0.1, 0.15) is 46.2 Å². The van der Waals surface area contributed by atoms with Crippen molar-refractivity contribution in [2.45, 2.75) is 50.1 Å². The fourth-order valence-corrected chi connectivity index (χ4v) is 4.54. The number of carbonyl (C=O) groups excluding carboxylic acids is 1. The Bertz CT molecular complexity index is 965. The topological polar surface area (TPSA) is 47.8 Å². The Balaban J connectivity index is 1.51. The van der Waals surface area contributed by atoms with Crippen LogP contribution in [0, 0.1) is 6.92 Å². The molecule has 3 aromatic rings. The molecule has 4 rings (SSSR count). The number of fused-ring (bicyclic) bond motifs is 1. The number of Topliss-reactive ketones (excluding diaryl/α,β-unsaturated/α-hetero) is 1. The Kier molecular flexibility index (Phi) is 5.12. The number of carbonyl (C=O) groups is 1. The fourth-order valence-electron chi connectivity index (χ4n) is 3.57. The van der Waals surface area contributed by atoms with E-state index in [2.05, 4.69) is 39.0 Å². The zero-order valence-electron chi connectivity index (χ0n) is 15.7. The summed E-state index contributed by atoms with van der Waals surface area (Å²) in [6, 6.07) is 16.4. The maximum atomic E-state index is 12.9. The second-order valence-electron chi connectivity index (χ2n) is 7.06. The van der Waals surface area contributed by atoms with Gasteiger partial charge in [-0.15, -0.1) is 10.2 Å². The zero-order chi connectivity index (χ0) is 18.8. The number of rotatable bonds is 6. The molecule has 27 heavy (non-hydrogen) atoms. The summed E-state index contributed by atoms with van der Waals surface area (Å²) < 4.78 is 2.08. The molecule has 1 aromatic heterocycles. The second kappa shape index (κ2) is 7.69. The number of ketones is 1. The minimum Gasteiger partial charge on any atom is -0.302 e. The van der Waals surface area contributed by atoms with Gasteiger partial charge in [0, 0.05) is 5.56 Å². The van der Waals surface area contributed by atoms with Crippen molar-refractivity contribution in [2.24, 2.45) is 0 Å². The lowest BCUT2D eigenvalue weighted by molar-refractivity contribution is 0.0993. The lowest BCUT2D eigenvalue weighted by Gasteiger charge is -2.13. The van der Waals surface area contributed by atoms with E-state index in [4.69, 9.17) is 0 Å². The number of thioether (sulfide) groups is 1. The van der Waals surface area contributed by atoms with Gasteiger partial charge >= 0.3 is 0 Å². The number of hydrogen-bond acceptors (Lipinski definition) is 4. The number of aryl methyl sites for hydroxylation is 3. The standard InChI is InChI=1S/C22H23N3OS/c1-15(21(26)20-12-11-18-9-6-10-19(18)13-20)27-22-24-23-16(2)25(22)14-17-7-4-3-5-8-17/h3-5,7-8,11-13,15H,6,9-10,14H2,1-2H3/t15-/m0/s1. The molecule has 0 bridgehead atoms. The molecule has 1 aliphatic carbocycles. The van der Waals surface area contributed by atoms with E-state index in [1.54, 1.807) is 0 Å². The molecule has 0 fully saturated rings. The van der Waals surface area contributed by atoms with E-state index in [9.17, 15) is 4.79 Å². The smallest absolute Gasteiger partial charge is 0.192 e. The highest BCUT2D eigenvalue weighted by Crippen LogP contribution is 2.28. The summed E-state index contributed by atoms with van der Waals surface area (Å²) in [6.45, 7) is 4.62. The SMILES string of the molecule is Cc1nnc(S[C@@H](C)C(=O)c2ccc3c(c2)CCC3)n1Cc1ccccc1. The average Bonchev–Trinajstić information content (AvgIpc) is 3.29. The molecular weight excluding hydrogens is 354 g/mol. The first kappa shape index (κ1) is 18.0. The lowest BCUT2D eigenvalue weighted by Crippen LogP contribution is -2.15. The molecule has 0 saturated carbocycles. The summed E-state index contributed by atoms with van der Waals surface area (Å²) in [5.41, 5.74) is 4.73. The van der Waals surface area contributed by atoms with Crippen LogP contribution >= 0.6 is 11.8 Å². The molecule has 0 unspecified atom stereocenters. The normalized spacial score (nSPS) is 14.1. The van der Waals surface area contributed by atoms with E-state index >= 15 is 0 Å². The van der Waals surface area contributed by atoms with Gasteiger partial charge in [-0.2, -0.15) is 0 Å². The first-order chi connectivity index (χ1) is 13.1. The fraction of sp³-hybridized carbons (Fsp3) is 0.318. The van der Waals surface area contributed by atoms with E-state index in [-0.39, 0.29) is 11.0 Å². The predicted molar refractivity (Wildman–Crippen MR) is 108 cm³/mol. The third kappa shape index (κ3) is 3.83. The number of hydrogen-bond donors (Lipinski definition) is 0. The van der Waals surface area contributed by atoms with Crippen molar-refractivity contribution in [1.82, 2.24) is 14.8 Å². The Morgan fingerprint density at radius 2 is 1.89 bits per heavy atom. The summed E-state index contributed by atoms with van der Waals surface area (Å²) >= 11 is 1.49. The van der Waals surface area contributed by atoms with Gasteiger partial charge in [0.25, 0.3) is 0 Å². The summed E-state index contributed by atoms with van der Waals surface area (Å²) in [4.78, 5) is 12.9. The molecule has 0 saturated heterocycles. The van der Waals surface area contributed by atoms with Gasteiger partial charge < -0.3 is 4.57 Å². The molecule has 5 heteroatoms. The molecular formula is C22H23N3OS. The van der Waals surface area contributed by atoms with Crippen LogP contribution in [0.15, 0.2) is 53.7 Å². The van der Waals surface area contributed by atoms with Crippen LogP contribution < -0.4 is 0 Å². The van der Waals surface area contributed by atoms with Gasteiger partial charge in [0.15, 0.2) is 10.9 Å². The van der Waals surface area contributed by atoms with Gasteiger partial charge in [-0.1, -0.05) is 54.2 Å². The van der Waals surface area contributed by atoms with Gasteiger partial charge in [0.05, 0.1) is 11.8 Å². The van der Waals surface area contributed by atoms with Crippen molar-refractivity contribution >= 4 is 17.5 Å². The molecule has 4 nitrogen and oxygen atoms in total. The Hall–Kier alpha value is -2.40. The van der Waals surface area contributed by atoms with Crippen molar-refractivity contribution in [2.75, 3.05) is 0 Å². The van der Waals surface area contributed by atoms with E-state index in [1.165, 1.54) is 34.9 Å². The van der Waals surface area contributed by atoms with Gasteiger partial charge in [-0.05, 0) is 55.9 Å². The number of benzene rings is 2. The first-order valence-electron chi connectivity index (χ1n) is 9.38. The minimum absolute atomic E-state index is 0.154. The lowest BCUT2D eigenvalue weighted by atomic mass is 10.0. The van der Waals surface area contributed by atoms with Gasteiger partial charge in [0.2, 0.25) is 0 Å². The highest BCUT2D eigenvalue weighted by Gasteiger charge is 2.22. The van der Waals surface area contributed by atoms with Crippen LogP contribution in [0.5, 0.6) is 0 Å². The third-order valence-electron chi connectivity index (χ3n) is 5.12. The monoisotopic (exact) mass is 377 g/mol. The van der Waals surface area contributed by atoms with E-state index < -0.39 is 0 Å². The van der Waals surface area contributed by atoms with Gasteiger partial charge in [-0.25, -0.2) is 0 Å². The average molecular weight is 378 g/mol. The molecule has 1 heterocycles. The van der Waals surface area contributed by atoms with Crippen LogP contribution in [0.25, 0.3) is 0 Å². The Labute approximate surface area is 164 Å². The van der Waals surface area contributed by atoms with Crippen molar-refractivity contribution in [3.8, 4) is 0 Å². The molecule has 0 radical (unpaired) electrons. The van der Waals surface area contributed by atoms with Crippen LogP contribution in [0.3, 0.4) is 0 Å². The molecule has 0 N–H and O–H groups in total. The molecule has 1 aliphatic rings. The third-order valence-corrected chi connectivity index (χ3v) is 6.20. The molecule has 0 amide bonds. The van der Waals surface area contributed by atoms with Crippen LogP contribution in [-0.4, -0.2) is 25.8 Å². The summed E-state index contributed by atoms with van der Waals surface area (Å²) in [6.07, 6.45) is 3.41. The minimum atomic E-state index is -0.206. The molecule has 2 aromatic carbocycles. The Morgan fingerprint density at radius 1 is 1.11 bits per heavy atom. The summed E-state index contributed by atoms with van der Waals surface area (Å²) in [5.74, 6) is 1.01. The van der Waals surface area contributed by atoms with E-state index in [1.807, 2.05) is 38.1 Å². The molecule has 1 atom stereocenters. The van der Waals surface area contributed by atoms with Crippen LogP contribution in [0.4, 0.5) is 0 Å². The van der Waals surface area contributed by atoms with E-state index in [0.717, 1.165) is 29.4 Å². The van der Waals surface area contributed by atoms with Crippen molar-refractivity contribution in [1.29, 1.82) is 0 Å². The maximum absolute atomic E-state index is 12.9. The van der Waals surface area contributed by atoms with Gasteiger partial charge in [-0.3, -0.25) is 4.79 Å². The highest BCUT2D eigenvalue weighted by atomic mass is 32.2. The zero-order valence-corrected chi connectivity index (χ0v) is 16.5. The highest BCUT2D eigenvalue weighted by molar-refractivity contribution is 8.00. The van der Waals surface area contributed by atoms with E-state index in [0.29, 0.717) is 6.54 Å². The maximum Gasteiger partial charge on any atom is 0.192 e. The van der Waals surface area contributed by atoms with Crippen LogP contribution in [-0.2, 0) is 19.4 Å². The molecule has 138 valence electrons. The first-order valence-corrected chi connectivity index (χ1v) is 10.3. The molecule has 0 spiro atoms. The predicted octanol–water partition coefficient (Wildman–Crippen LogP) is 4.49. The van der Waals surface area contributed by atoms with Crippen molar-refractivity contribution in [3.63, 3.8) is 0 Å². The summed E-state index contributed by atoms with van der Waals surface area (Å²) in [5, 5.41) is 9.12. The summed E-state index contributed by atoms with van der Waals surface area (Å²) in [7, 11) is 0. The molecule has 0 aliphatic heterocycles. The number of aromatic nitrogens is 3. The Morgan fingerprint density at radius 3 is 2.70 bits per heavy atom. The largest absolute Gasteiger partial charge is 0.302 e. The second-order valence-corrected chi connectivity index (χ2v) is 8.37. The van der Waals surface area contributed by atoms with Crippen molar-refractivity contribution < 1.29 is 4.79 Å². The quantitative estimate of drug-likeness (QED) is 0.469. The van der Waals surface area contributed by atoms with Crippen molar-refractivity contribution in [3.05, 3.63) is 76.6 Å². The van der Waals surface area contributed by atoms with Gasteiger partial charge in [0.1, 0.15) is 5.82 Å².